The normalized spacial score (nSPS) is 10.8. The van der Waals surface area contributed by atoms with Crippen LogP contribution in [0.1, 0.15) is 23.9 Å². The highest BCUT2D eigenvalue weighted by Crippen LogP contribution is 2.29. The molecule has 0 fully saturated rings. The number of nitro benzene ring substituents is 1. The molecule has 0 amide bonds. The van der Waals surface area contributed by atoms with E-state index in [0.717, 1.165) is 47.1 Å². The van der Waals surface area contributed by atoms with Crippen LogP contribution in [0.15, 0.2) is 18.2 Å². The van der Waals surface area contributed by atoms with Gasteiger partial charge in [-0.2, -0.15) is 0 Å². The quantitative estimate of drug-likeness (QED) is 0.483. The van der Waals surface area contributed by atoms with Gasteiger partial charge in [-0.25, -0.2) is 0 Å². The van der Waals surface area contributed by atoms with Crippen molar-refractivity contribution in [1.29, 1.82) is 0 Å². The van der Waals surface area contributed by atoms with Crippen molar-refractivity contribution in [2.24, 2.45) is 0 Å². The van der Waals surface area contributed by atoms with Gasteiger partial charge in [0.1, 0.15) is 10.0 Å². The van der Waals surface area contributed by atoms with Crippen LogP contribution in [-0.4, -0.2) is 28.2 Å². The van der Waals surface area contributed by atoms with Crippen LogP contribution in [-0.2, 0) is 6.42 Å². The number of non-ortho nitro benzene ring substituents is 1. The fourth-order valence-electron chi connectivity index (χ4n) is 1.96. The predicted octanol–water partition coefficient (Wildman–Crippen LogP) is 2.96. The highest BCUT2D eigenvalue weighted by Gasteiger charge is 2.13. The van der Waals surface area contributed by atoms with Crippen LogP contribution in [0.2, 0.25) is 0 Å². The molecule has 0 atom stereocenters. The Labute approximate surface area is 127 Å². The summed E-state index contributed by atoms with van der Waals surface area (Å²) in [4.78, 5) is 10.4. The average molecular weight is 306 g/mol. The second-order valence-electron chi connectivity index (χ2n) is 4.76. The summed E-state index contributed by atoms with van der Waals surface area (Å²) >= 11 is 1.54. The average Bonchev–Trinajstić information content (AvgIpc) is 2.92. The Morgan fingerprint density at radius 2 is 2.14 bits per heavy atom. The van der Waals surface area contributed by atoms with E-state index in [0.29, 0.717) is 0 Å². The highest BCUT2D eigenvalue weighted by atomic mass is 32.1. The molecule has 2 aromatic rings. The fraction of sp³-hybridized carbons (Fsp3) is 0.429. The maximum absolute atomic E-state index is 10.7. The van der Waals surface area contributed by atoms with E-state index < -0.39 is 0 Å². The van der Waals surface area contributed by atoms with Gasteiger partial charge in [0.15, 0.2) is 0 Å². The summed E-state index contributed by atoms with van der Waals surface area (Å²) in [6, 6.07) is 4.82. The second kappa shape index (κ2) is 7.24. The molecule has 1 heterocycles. The van der Waals surface area contributed by atoms with E-state index in [1.807, 2.05) is 6.92 Å². The van der Waals surface area contributed by atoms with Crippen molar-refractivity contribution in [3.05, 3.63) is 38.9 Å². The minimum atomic E-state index is -0.387. The molecule has 1 aromatic carbocycles. The molecule has 6 nitrogen and oxygen atoms in total. The van der Waals surface area contributed by atoms with Crippen LogP contribution < -0.4 is 5.32 Å². The molecule has 0 bridgehead atoms. The molecule has 1 aromatic heterocycles. The Balaban J connectivity index is 2.08. The number of benzene rings is 1. The molecule has 0 aliphatic rings. The summed E-state index contributed by atoms with van der Waals surface area (Å²) in [6.07, 6.45) is 1.97. The largest absolute Gasteiger partial charge is 0.316 e. The van der Waals surface area contributed by atoms with Crippen molar-refractivity contribution in [3.8, 4) is 10.6 Å². The molecule has 0 spiro atoms. The van der Waals surface area contributed by atoms with Gasteiger partial charge in [-0.15, -0.1) is 10.2 Å². The lowest BCUT2D eigenvalue weighted by Crippen LogP contribution is -2.17. The van der Waals surface area contributed by atoms with Crippen LogP contribution >= 0.6 is 11.3 Å². The molecule has 0 aliphatic heterocycles. The minimum Gasteiger partial charge on any atom is -0.316 e. The number of rotatable bonds is 7. The van der Waals surface area contributed by atoms with Crippen molar-refractivity contribution in [3.63, 3.8) is 0 Å². The first-order valence-corrected chi connectivity index (χ1v) is 7.72. The van der Waals surface area contributed by atoms with E-state index >= 15 is 0 Å². The summed E-state index contributed by atoms with van der Waals surface area (Å²) in [5.74, 6) is 0. The SMILES string of the molecule is CCCNCCc1nnc(-c2ccc([N+](=O)[O-])cc2C)s1. The number of aryl methyl sites for hydroxylation is 1. The van der Waals surface area contributed by atoms with Crippen LogP contribution in [0.3, 0.4) is 0 Å². The maximum Gasteiger partial charge on any atom is 0.269 e. The first kappa shape index (κ1) is 15.5. The zero-order valence-electron chi connectivity index (χ0n) is 12.1. The van der Waals surface area contributed by atoms with Crippen molar-refractivity contribution < 1.29 is 4.92 Å². The van der Waals surface area contributed by atoms with Gasteiger partial charge in [0.2, 0.25) is 0 Å². The fourth-order valence-corrected chi connectivity index (χ4v) is 2.89. The lowest BCUT2D eigenvalue weighted by molar-refractivity contribution is -0.384. The molecular formula is C14H18N4O2S. The number of nitro groups is 1. The van der Waals surface area contributed by atoms with Gasteiger partial charge in [0.05, 0.1) is 4.92 Å². The lowest BCUT2D eigenvalue weighted by Gasteiger charge is -2.01. The molecule has 0 aliphatic carbocycles. The van der Waals surface area contributed by atoms with E-state index in [9.17, 15) is 10.1 Å². The number of aromatic nitrogens is 2. The number of hydrogen-bond donors (Lipinski definition) is 1. The van der Waals surface area contributed by atoms with E-state index in [4.69, 9.17) is 0 Å². The third-order valence-corrected chi connectivity index (χ3v) is 4.08. The van der Waals surface area contributed by atoms with Gasteiger partial charge < -0.3 is 5.32 Å². The smallest absolute Gasteiger partial charge is 0.269 e. The van der Waals surface area contributed by atoms with Gasteiger partial charge in [-0.1, -0.05) is 18.3 Å². The number of nitrogens with one attached hydrogen (secondary N) is 1. The van der Waals surface area contributed by atoms with Crippen LogP contribution in [0.4, 0.5) is 5.69 Å². The summed E-state index contributed by atoms with van der Waals surface area (Å²) in [7, 11) is 0. The van der Waals surface area contributed by atoms with Gasteiger partial charge in [0, 0.05) is 30.7 Å². The molecule has 0 unspecified atom stereocenters. The van der Waals surface area contributed by atoms with Crippen molar-refractivity contribution in [2.45, 2.75) is 26.7 Å². The Hall–Kier alpha value is -1.86. The van der Waals surface area contributed by atoms with Crippen molar-refractivity contribution in [1.82, 2.24) is 15.5 Å². The third-order valence-electron chi connectivity index (χ3n) is 3.06. The summed E-state index contributed by atoms with van der Waals surface area (Å²) < 4.78 is 0. The summed E-state index contributed by atoms with van der Waals surface area (Å²) in [5, 5.41) is 24.2. The Bertz CT molecular complexity index is 627. The van der Waals surface area contributed by atoms with E-state index in [1.165, 1.54) is 6.07 Å². The van der Waals surface area contributed by atoms with Crippen LogP contribution in [0.25, 0.3) is 10.6 Å². The first-order valence-electron chi connectivity index (χ1n) is 6.90. The summed E-state index contributed by atoms with van der Waals surface area (Å²) in [5.41, 5.74) is 1.85. The van der Waals surface area contributed by atoms with Crippen molar-refractivity contribution >= 4 is 17.0 Å². The molecule has 2 rings (SSSR count). The molecule has 1 N–H and O–H groups in total. The zero-order chi connectivity index (χ0) is 15.2. The minimum absolute atomic E-state index is 0.102. The molecule has 0 saturated heterocycles. The Kier molecular flexibility index (Phi) is 5.35. The third kappa shape index (κ3) is 4.05. The standard InChI is InChI=1S/C14H18N4O2S/c1-3-7-15-8-6-13-16-17-14(21-13)12-5-4-11(18(19)20)9-10(12)2/h4-5,9,15H,3,6-8H2,1-2H3. The second-order valence-corrected chi connectivity index (χ2v) is 5.82. The number of nitrogens with zero attached hydrogens (tertiary/aromatic N) is 3. The van der Waals surface area contributed by atoms with Crippen LogP contribution in [0, 0.1) is 17.0 Å². The number of hydrogen-bond acceptors (Lipinski definition) is 6. The van der Waals surface area contributed by atoms with E-state index in [2.05, 4.69) is 22.4 Å². The molecule has 0 radical (unpaired) electrons. The van der Waals surface area contributed by atoms with Gasteiger partial charge >= 0.3 is 0 Å². The zero-order valence-corrected chi connectivity index (χ0v) is 12.9. The molecule has 0 saturated carbocycles. The summed E-state index contributed by atoms with van der Waals surface area (Å²) in [6.45, 7) is 5.88. The van der Waals surface area contributed by atoms with Crippen LogP contribution in [0.5, 0.6) is 0 Å². The Morgan fingerprint density at radius 1 is 1.33 bits per heavy atom. The van der Waals surface area contributed by atoms with Gasteiger partial charge in [-0.05, 0) is 31.5 Å². The van der Waals surface area contributed by atoms with E-state index in [-0.39, 0.29) is 10.6 Å². The topological polar surface area (TPSA) is 81.0 Å². The maximum atomic E-state index is 10.7. The first-order chi connectivity index (χ1) is 10.1. The molecule has 112 valence electrons. The van der Waals surface area contributed by atoms with E-state index in [1.54, 1.807) is 23.5 Å². The van der Waals surface area contributed by atoms with Crippen molar-refractivity contribution in [2.75, 3.05) is 13.1 Å². The molecular weight excluding hydrogens is 288 g/mol. The lowest BCUT2D eigenvalue weighted by atomic mass is 10.1. The highest BCUT2D eigenvalue weighted by molar-refractivity contribution is 7.14. The van der Waals surface area contributed by atoms with Gasteiger partial charge in [-0.3, -0.25) is 10.1 Å². The monoisotopic (exact) mass is 306 g/mol. The Morgan fingerprint density at radius 3 is 2.81 bits per heavy atom. The molecule has 21 heavy (non-hydrogen) atoms. The molecule has 7 heteroatoms. The van der Waals surface area contributed by atoms with Gasteiger partial charge in [0.25, 0.3) is 5.69 Å². The predicted molar refractivity (Wildman–Crippen MR) is 83.6 cm³/mol.